The summed E-state index contributed by atoms with van der Waals surface area (Å²) in [5.74, 6) is 1.17. The molecule has 0 saturated carbocycles. The highest BCUT2D eigenvalue weighted by Crippen LogP contribution is 2.25. The lowest BCUT2D eigenvalue weighted by Crippen LogP contribution is -2.24. The molecule has 0 saturated heterocycles. The molecule has 2 aromatic heterocycles. The molecule has 6 heteroatoms. The van der Waals surface area contributed by atoms with Crippen LogP contribution in [0.15, 0.2) is 47.2 Å². The van der Waals surface area contributed by atoms with Crippen LogP contribution in [0.3, 0.4) is 0 Å². The van der Waals surface area contributed by atoms with E-state index in [9.17, 15) is 4.79 Å². The van der Waals surface area contributed by atoms with Gasteiger partial charge in [-0.25, -0.2) is 4.98 Å². The number of rotatable bonds is 7. The third kappa shape index (κ3) is 3.91. The first kappa shape index (κ1) is 16.8. The van der Waals surface area contributed by atoms with Crippen molar-refractivity contribution in [3.63, 3.8) is 0 Å². The predicted octanol–water partition coefficient (Wildman–Crippen LogP) is 3.09. The average molecular weight is 340 g/mol. The second-order valence-electron chi connectivity index (χ2n) is 5.48. The number of hydrogen-bond donors (Lipinski definition) is 1. The molecular weight excluding hydrogens is 320 g/mol. The molecular formula is C19H20N2O4. The zero-order valence-corrected chi connectivity index (χ0v) is 14.2. The van der Waals surface area contributed by atoms with E-state index >= 15 is 0 Å². The van der Waals surface area contributed by atoms with Gasteiger partial charge in [0.2, 0.25) is 11.8 Å². The highest BCUT2D eigenvalue weighted by Gasteiger charge is 2.12. The Hall–Kier alpha value is -3.02. The Kier molecular flexibility index (Phi) is 5.18. The number of fused-ring (bicyclic) bond motifs is 1. The van der Waals surface area contributed by atoms with Crippen molar-refractivity contribution in [2.75, 3.05) is 13.7 Å². The van der Waals surface area contributed by atoms with Crippen LogP contribution in [-0.2, 0) is 17.8 Å². The number of aromatic nitrogens is 1. The van der Waals surface area contributed by atoms with E-state index in [4.69, 9.17) is 13.9 Å². The highest BCUT2D eigenvalue weighted by molar-refractivity contribution is 5.88. The minimum atomic E-state index is -0.0928. The monoisotopic (exact) mass is 340 g/mol. The summed E-state index contributed by atoms with van der Waals surface area (Å²) in [6, 6.07) is 9.26. The summed E-state index contributed by atoms with van der Waals surface area (Å²) in [6.45, 7) is 2.80. The molecule has 130 valence electrons. The van der Waals surface area contributed by atoms with Gasteiger partial charge in [-0.2, -0.15) is 0 Å². The summed E-state index contributed by atoms with van der Waals surface area (Å²) >= 11 is 0. The van der Waals surface area contributed by atoms with Crippen LogP contribution in [-0.4, -0.2) is 24.6 Å². The van der Waals surface area contributed by atoms with Gasteiger partial charge in [-0.1, -0.05) is 6.07 Å². The van der Waals surface area contributed by atoms with Crippen LogP contribution in [0.1, 0.15) is 18.1 Å². The van der Waals surface area contributed by atoms with Gasteiger partial charge in [0, 0.05) is 35.3 Å². The molecule has 0 unspecified atom stereocenters. The van der Waals surface area contributed by atoms with Crippen LogP contribution < -0.4 is 14.8 Å². The van der Waals surface area contributed by atoms with Crippen molar-refractivity contribution in [3.8, 4) is 11.6 Å². The molecule has 0 aliphatic carbocycles. The maximum atomic E-state index is 12.3. The lowest BCUT2D eigenvalue weighted by Gasteiger charge is -2.09. The summed E-state index contributed by atoms with van der Waals surface area (Å²) in [6.07, 6.45) is 3.52. The van der Waals surface area contributed by atoms with Crippen LogP contribution in [0.2, 0.25) is 0 Å². The lowest BCUT2D eigenvalue weighted by molar-refractivity contribution is -0.120. The SMILES string of the molecule is CCOc1ncccc1CNC(=O)Cc1coc2cc(OC)ccc12. The predicted molar refractivity (Wildman–Crippen MR) is 93.7 cm³/mol. The number of furan rings is 1. The normalized spacial score (nSPS) is 10.6. The van der Waals surface area contributed by atoms with Gasteiger partial charge >= 0.3 is 0 Å². The minimum Gasteiger partial charge on any atom is -0.497 e. The summed E-state index contributed by atoms with van der Waals surface area (Å²) in [7, 11) is 1.60. The Morgan fingerprint density at radius 3 is 2.96 bits per heavy atom. The van der Waals surface area contributed by atoms with Crippen LogP contribution in [0.4, 0.5) is 0 Å². The fourth-order valence-corrected chi connectivity index (χ4v) is 2.58. The van der Waals surface area contributed by atoms with Gasteiger partial charge in [0.1, 0.15) is 11.3 Å². The van der Waals surface area contributed by atoms with Crippen molar-refractivity contribution in [2.45, 2.75) is 19.9 Å². The van der Waals surface area contributed by atoms with Crippen molar-refractivity contribution in [3.05, 3.63) is 53.9 Å². The van der Waals surface area contributed by atoms with E-state index < -0.39 is 0 Å². The third-order valence-corrected chi connectivity index (χ3v) is 3.82. The molecule has 0 spiro atoms. The standard InChI is InChI=1S/C19H20N2O4/c1-3-24-19-13(5-4-8-20-19)11-21-18(22)9-14-12-25-17-10-15(23-2)6-7-16(14)17/h4-8,10,12H,3,9,11H2,1-2H3,(H,21,22). The topological polar surface area (TPSA) is 73.6 Å². The van der Waals surface area contributed by atoms with Crippen LogP contribution >= 0.6 is 0 Å². The first-order chi connectivity index (χ1) is 12.2. The number of methoxy groups -OCH3 is 1. The second-order valence-corrected chi connectivity index (χ2v) is 5.48. The number of pyridine rings is 1. The molecule has 0 aliphatic heterocycles. The lowest BCUT2D eigenvalue weighted by atomic mass is 10.1. The molecule has 25 heavy (non-hydrogen) atoms. The van der Waals surface area contributed by atoms with Crippen molar-refractivity contribution in [1.82, 2.24) is 10.3 Å². The van der Waals surface area contributed by atoms with Crippen molar-refractivity contribution in [1.29, 1.82) is 0 Å². The van der Waals surface area contributed by atoms with E-state index in [1.165, 1.54) is 0 Å². The molecule has 1 aromatic carbocycles. The van der Waals surface area contributed by atoms with E-state index in [0.717, 1.165) is 22.3 Å². The molecule has 0 radical (unpaired) electrons. The minimum absolute atomic E-state index is 0.0928. The van der Waals surface area contributed by atoms with Crippen molar-refractivity contribution < 1.29 is 18.7 Å². The number of ether oxygens (including phenoxy) is 2. The van der Waals surface area contributed by atoms with E-state index in [0.29, 0.717) is 24.6 Å². The molecule has 1 amide bonds. The number of amides is 1. The Morgan fingerprint density at radius 1 is 1.28 bits per heavy atom. The van der Waals surface area contributed by atoms with Gasteiger partial charge in [-0.3, -0.25) is 4.79 Å². The molecule has 6 nitrogen and oxygen atoms in total. The van der Waals surface area contributed by atoms with Crippen LogP contribution in [0, 0.1) is 0 Å². The quantitative estimate of drug-likeness (QED) is 0.715. The van der Waals surface area contributed by atoms with E-state index in [1.54, 1.807) is 25.6 Å². The van der Waals surface area contributed by atoms with E-state index in [-0.39, 0.29) is 12.3 Å². The maximum absolute atomic E-state index is 12.3. The fraction of sp³-hybridized carbons (Fsp3) is 0.263. The van der Waals surface area contributed by atoms with Gasteiger partial charge in [0.05, 0.1) is 26.4 Å². The maximum Gasteiger partial charge on any atom is 0.224 e. The number of benzene rings is 1. The first-order valence-electron chi connectivity index (χ1n) is 8.08. The number of nitrogens with one attached hydrogen (secondary N) is 1. The number of nitrogens with zero attached hydrogens (tertiary/aromatic N) is 1. The van der Waals surface area contributed by atoms with Gasteiger partial charge < -0.3 is 19.2 Å². The molecule has 3 aromatic rings. The van der Waals surface area contributed by atoms with Crippen LogP contribution in [0.25, 0.3) is 11.0 Å². The van der Waals surface area contributed by atoms with Crippen molar-refractivity contribution in [2.24, 2.45) is 0 Å². The Balaban J connectivity index is 1.65. The third-order valence-electron chi connectivity index (χ3n) is 3.82. The summed E-state index contributed by atoms with van der Waals surface area (Å²) in [4.78, 5) is 16.5. The summed E-state index contributed by atoms with van der Waals surface area (Å²) < 4.78 is 16.2. The molecule has 0 fully saturated rings. The number of carbonyl (C=O) groups is 1. The number of hydrogen-bond acceptors (Lipinski definition) is 5. The zero-order chi connectivity index (χ0) is 17.6. The summed E-state index contributed by atoms with van der Waals surface area (Å²) in [5, 5.41) is 3.81. The van der Waals surface area contributed by atoms with Gasteiger partial charge in [-0.15, -0.1) is 0 Å². The van der Waals surface area contributed by atoms with E-state index in [2.05, 4.69) is 10.3 Å². The Labute approximate surface area is 145 Å². The molecule has 0 bridgehead atoms. The van der Waals surface area contributed by atoms with Gasteiger partial charge in [-0.05, 0) is 25.1 Å². The number of carbonyl (C=O) groups excluding carboxylic acids is 1. The highest BCUT2D eigenvalue weighted by atomic mass is 16.5. The largest absolute Gasteiger partial charge is 0.497 e. The van der Waals surface area contributed by atoms with Crippen LogP contribution in [0.5, 0.6) is 11.6 Å². The molecule has 1 N–H and O–H groups in total. The molecule has 0 aliphatic rings. The average Bonchev–Trinajstić information content (AvgIpc) is 3.03. The Bertz CT molecular complexity index is 873. The van der Waals surface area contributed by atoms with Gasteiger partial charge in [0.15, 0.2) is 0 Å². The molecule has 0 atom stereocenters. The van der Waals surface area contributed by atoms with Crippen molar-refractivity contribution >= 4 is 16.9 Å². The zero-order valence-electron chi connectivity index (χ0n) is 14.2. The van der Waals surface area contributed by atoms with Gasteiger partial charge in [0.25, 0.3) is 0 Å². The molecule has 2 heterocycles. The second kappa shape index (κ2) is 7.70. The fourth-order valence-electron chi connectivity index (χ4n) is 2.58. The molecule has 3 rings (SSSR count). The first-order valence-corrected chi connectivity index (χ1v) is 8.08. The summed E-state index contributed by atoms with van der Waals surface area (Å²) in [5.41, 5.74) is 2.39. The van der Waals surface area contributed by atoms with E-state index in [1.807, 2.05) is 31.2 Å². The smallest absolute Gasteiger partial charge is 0.224 e. The Morgan fingerprint density at radius 2 is 2.16 bits per heavy atom.